The summed E-state index contributed by atoms with van der Waals surface area (Å²) in [4.78, 5) is 45.7. The van der Waals surface area contributed by atoms with Crippen molar-refractivity contribution in [2.75, 3.05) is 5.32 Å². The molecule has 0 unspecified atom stereocenters. The van der Waals surface area contributed by atoms with Crippen molar-refractivity contribution in [1.82, 2.24) is 5.06 Å². The lowest BCUT2D eigenvalue weighted by Gasteiger charge is -2.21. The van der Waals surface area contributed by atoms with E-state index in [4.69, 9.17) is 0 Å². The molecule has 0 spiro atoms. The number of benzene rings is 2. The highest BCUT2D eigenvalue weighted by molar-refractivity contribution is 6.10. The van der Waals surface area contributed by atoms with E-state index in [0.717, 1.165) is 6.07 Å². The van der Waals surface area contributed by atoms with Crippen LogP contribution in [-0.2, 0) is 11.2 Å². The number of nitro benzene ring substituents is 1. The number of carbonyl (C=O) groups is 3. The molecule has 2 N–H and O–H groups in total. The van der Waals surface area contributed by atoms with Gasteiger partial charge in [-0.15, -0.1) is 0 Å². The largest absolute Gasteiger partial charge is 0.322 e. The predicted molar refractivity (Wildman–Crippen MR) is 84.2 cm³/mol. The number of rotatable bonds is 3. The fourth-order valence-corrected chi connectivity index (χ4v) is 2.44. The van der Waals surface area contributed by atoms with Gasteiger partial charge in [0.2, 0.25) is 0 Å². The van der Waals surface area contributed by atoms with Gasteiger partial charge in [-0.3, -0.25) is 29.7 Å². The van der Waals surface area contributed by atoms with Crippen LogP contribution < -0.4 is 5.32 Å². The third-order valence-corrected chi connectivity index (χ3v) is 3.69. The Balaban J connectivity index is 1.86. The van der Waals surface area contributed by atoms with Crippen LogP contribution in [0.5, 0.6) is 0 Å². The highest BCUT2D eigenvalue weighted by Crippen LogP contribution is 2.23. The van der Waals surface area contributed by atoms with Gasteiger partial charge in [-0.2, -0.15) is 5.06 Å². The summed E-state index contributed by atoms with van der Waals surface area (Å²) >= 11 is 0. The van der Waals surface area contributed by atoms with Gasteiger partial charge < -0.3 is 5.32 Å². The summed E-state index contributed by atoms with van der Waals surface area (Å²) in [6.45, 7) is 0. The normalized spacial score (nSPS) is 13.4. The summed E-state index contributed by atoms with van der Waals surface area (Å²) < 4.78 is 0. The van der Waals surface area contributed by atoms with Crippen molar-refractivity contribution in [2.24, 2.45) is 0 Å². The van der Waals surface area contributed by atoms with Gasteiger partial charge in [0, 0.05) is 28.9 Å². The van der Waals surface area contributed by atoms with Crippen molar-refractivity contribution < 1.29 is 24.5 Å². The molecule has 9 heteroatoms. The minimum atomic E-state index is -0.877. The molecule has 2 aromatic rings. The van der Waals surface area contributed by atoms with E-state index in [1.165, 1.54) is 36.4 Å². The number of nitrogens with zero attached hydrogens (tertiary/aromatic N) is 2. The molecule has 25 heavy (non-hydrogen) atoms. The Morgan fingerprint density at radius 2 is 1.96 bits per heavy atom. The van der Waals surface area contributed by atoms with Crippen LogP contribution in [0.2, 0.25) is 0 Å². The molecule has 0 aliphatic carbocycles. The Bertz CT molecular complexity index is 924. The Morgan fingerprint density at radius 3 is 2.68 bits per heavy atom. The number of anilines is 1. The average Bonchev–Trinajstić information content (AvgIpc) is 2.60. The van der Waals surface area contributed by atoms with E-state index in [1.54, 1.807) is 0 Å². The lowest BCUT2D eigenvalue weighted by molar-refractivity contribution is -0.384. The van der Waals surface area contributed by atoms with Crippen molar-refractivity contribution in [3.8, 4) is 0 Å². The lowest BCUT2D eigenvalue weighted by Crippen LogP contribution is -2.39. The first-order chi connectivity index (χ1) is 11.9. The third kappa shape index (κ3) is 3.08. The van der Waals surface area contributed by atoms with Crippen LogP contribution in [0, 0.1) is 10.1 Å². The summed E-state index contributed by atoms with van der Waals surface area (Å²) in [5.74, 6) is -2.20. The van der Waals surface area contributed by atoms with Crippen LogP contribution in [0.1, 0.15) is 26.3 Å². The zero-order valence-corrected chi connectivity index (χ0v) is 12.6. The number of hydroxylamine groups is 2. The van der Waals surface area contributed by atoms with E-state index in [1.807, 2.05) is 0 Å². The molecule has 1 aliphatic heterocycles. The molecule has 9 nitrogen and oxygen atoms in total. The van der Waals surface area contributed by atoms with Gasteiger partial charge >= 0.3 is 0 Å². The zero-order chi connectivity index (χ0) is 18.1. The van der Waals surface area contributed by atoms with Crippen LogP contribution in [-0.4, -0.2) is 32.9 Å². The molecule has 0 atom stereocenters. The Morgan fingerprint density at radius 1 is 1.20 bits per heavy atom. The van der Waals surface area contributed by atoms with Crippen LogP contribution in [0.25, 0.3) is 0 Å². The van der Waals surface area contributed by atoms with Gasteiger partial charge in [-0.1, -0.05) is 12.1 Å². The van der Waals surface area contributed by atoms with Crippen LogP contribution in [0.3, 0.4) is 0 Å². The second-order valence-corrected chi connectivity index (χ2v) is 5.32. The van der Waals surface area contributed by atoms with Crippen LogP contribution >= 0.6 is 0 Å². The predicted octanol–water partition coefficient (Wildman–Crippen LogP) is 1.76. The fraction of sp³-hybridized carbons (Fsp3) is 0.0625. The van der Waals surface area contributed by atoms with Gasteiger partial charge in [0.15, 0.2) is 0 Å². The van der Waals surface area contributed by atoms with Crippen molar-refractivity contribution in [3.63, 3.8) is 0 Å². The van der Waals surface area contributed by atoms with Crippen molar-refractivity contribution >= 4 is 29.1 Å². The van der Waals surface area contributed by atoms with Gasteiger partial charge in [0.05, 0.1) is 11.3 Å². The topological polar surface area (TPSA) is 130 Å². The van der Waals surface area contributed by atoms with Gasteiger partial charge in [0.25, 0.3) is 23.4 Å². The van der Waals surface area contributed by atoms with E-state index >= 15 is 0 Å². The maximum Gasteiger partial charge on any atom is 0.284 e. The number of imide groups is 1. The van der Waals surface area contributed by atoms with Crippen molar-refractivity contribution in [1.29, 1.82) is 0 Å². The molecule has 0 saturated carbocycles. The molecule has 3 amide bonds. The minimum absolute atomic E-state index is 0.0362. The minimum Gasteiger partial charge on any atom is -0.322 e. The first-order valence-electron chi connectivity index (χ1n) is 7.11. The molecule has 1 heterocycles. The fourth-order valence-electron chi connectivity index (χ4n) is 2.44. The second-order valence-electron chi connectivity index (χ2n) is 5.32. The molecule has 0 radical (unpaired) electrons. The SMILES string of the molecule is O=C(Nc1ccc2c(c1)C(=O)N(O)C(=O)C2)c1cccc([N+](=O)[O-])c1. The molecular formula is C16H11N3O6. The number of carbonyl (C=O) groups excluding carboxylic acids is 3. The first-order valence-corrected chi connectivity index (χ1v) is 7.11. The van der Waals surface area contributed by atoms with Gasteiger partial charge in [-0.05, 0) is 23.8 Å². The third-order valence-electron chi connectivity index (χ3n) is 3.69. The van der Waals surface area contributed by atoms with Gasteiger partial charge in [0.1, 0.15) is 0 Å². The van der Waals surface area contributed by atoms with E-state index < -0.39 is 22.6 Å². The number of hydrogen-bond acceptors (Lipinski definition) is 6. The molecule has 3 rings (SSSR count). The molecule has 0 fully saturated rings. The number of amides is 3. The van der Waals surface area contributed by atoms with Crippen molar-refractivity contribution in [2.45, 2.75) is 6.42 Å². The van der Waals surface area contributed by atoms with E-state index in [0.29, 0.717) is 5.56 Å². The van der Waals surface area contributed by atoms with E-state index in [2.05, 4.69) is 5.32 Å². The summed E-state index contributed by atoms with van der Waals surface area (Å²) in [5.41, 5.74) is 0.652. The number of non-ortho nitro benzene ring substituents is 1. The second kappa shape index (κ2) is 6.13. The molecule has 0 bridgehead atoms. The average molecular weight is 341 g/mol. The summed E-state index contributed by atoms with van der Waals surface area (Å²) in [6, 6.07) is 9.54. The summed E-state index contributed by atoms with van der Waals surface area (Å²) in [6.07, 6.45) is -0.128. The van der Waals surface area contributed by atoms with Crippen LogP contribution in [0.15, 0.2) is 42.5 Å². The van der Waals surface area contributed by atoms with E-state index in [9.17, 15) is 29.7 Å². The molecule has 126 valence electrons. The molecule has 2 aromatic carbocycles. The Hall–Kier alpha value is -3.59. The Labute approximate surface area is 140 Å². The maximum atomic E-state index is 12.2. The molecule has 1 aliphatic rings. The molecule has 0 aromatic heterocycles. The van der Waals surface area contributed by atoms with E-state index in [-0.39, 0.29) is 34.0 Å². The maximum absolute atomic E-state index is 12.2. The smallest absolute Gasteiger partial charge is 0.284 e. The number of hydrogen-bond donors (Lipinski definition) is 2. The number of fused-ring (bicyclic) bond motifs is 1. The van der Waals surface area contributed by atoms with Crippen LogP contribution in [0.4, 0.5) is 11.4 Å². The first kappa shape index (κ1) is 16.3. The summed E-state index contributed by atoms with van der Waals surface area (Å²) in [7, 11) is 0. The van der Waals surface area contributed by atoms with Gasteiger partial charge in [-0.25, -0.2) is 0 Å². The molecular weight excluding hydrogens is 330 g/mol. The molecule has 0 saturated heterocycles. The highest BCUT2D eigenvalue weighted by atomic mass is 16.6. The summed E-state index contributed by atoms with van der Waals surface area (Å²) in [5, 5.41) is 22.7. The lowest BCUT2D eigenvalue weighted by atomic mass is 9.99. The monoisotopic (exact) mass is 341 g/mol. The number of nitro groups is 1. The Kier molecular flexibility index (Phi) is 3.99. The van der Waals surface area contributed by atoms with Crippen molar-refractivity contribution in [3.05, 3.63) is 69.3 Å². The standard InChI is InChI=1S/C16H11N3O6/c20-14-7-9-4-5-11(8-13(9)16(22)18(14)23)17-15(21)10-2-1-3-12(6-10)19(24)25/h1-6,8,23H,7H2,(H,17,21). The zero-order valence-electron chi connectivity index (χ0n) is 12.6. The number of nitrogens with one attached hydrogen (secondary N) is 1. The highest BCUT2D eigenvalue weighted by Gasteiger charge is 2.30. The quantitative estimate of drug-likeness (QED) is 0.379.